The van der Waals surface area contributed by atoms with Crippen LogP contribution in [0.25, 0.3) is 10.8 Å². The molecule has 4 rings (SSSR count). The van der Waals surface area contributed by atoms with E-state index in [1.54, 1.807) is 18.2 Å². The van der Waals surface area contributed by atoms with Gasteiger partial charge in [0.1, 0.15) is 5.75 Å². The highest BCUT2D eigenvalue weighted by Crippen LogP contribution is 2.29. The molecule has 8 heteroatoms. The maximum atomic E-state index is 13.0. The van der Waals surface area contributed by atoms with Crippen molar-refractivity contribution in [1.29, 1.82) is 0 Å². The van der Waals surface area contributed by atoms with Crippen LogP contribution in [0.5, 0.6) is 5.75 Å². The molecule has 7 nitrogen and oxygen atoms in total. The van der Waals surface area contributed by atoms with Crippen molar-refractivity contribution in [3.05, 3.63) is 66.7 Å². The minimum Gasteiger partial charge on any atom is -0.494 e. The number of carbonyl (C=O) groups is 2. The Bertz CT molecular complexity index is 1130. The Morgan fingerprint density at radius 3 is 2.64 bits per heavy atom. The summed E-state index contributed by atoms with van der Waals surface area (Å²) >= 11 is 4.06. The predicted molar refractivity (Wildman–Crippen MR) is 135 cm³/mol. The standard InChI is InChI=1S/C25H28N4O3S/c26-24(30)29(33)20-10-7-11-21(18-20)32-17-5-1-4-14-27-15-16-28(25(27)31)23-13-6-9-19-8-2-3-12-22(19)23/h2-3,6-13,18,33H,1,4-5,14-17H2,(H2,26,30). The molecule has 3 aromatic rings. The number of fused-ring (bicyclic) bond motifs is 1. The van der Waals surface area contributed by atoms with Crippen molar-refractivity contribution in [3.63, 3.8) is 0 Å². The first-order valence-electron chi connectivity index (χ1n) is 11.1. The molecule has 0 aromatic heterocycles. The lowest BCUT2D eigenvalue weighted by molar-refractivity contribution is 0.219. The average molecular weight is 465 g/mol. The van der Waals surface area contributed by atoms with Crippen LogP contribution >= 0.6 is 12.8 Å². The number of urea groups is 2. The van der Waals surface area contributed by atoms with Gasteiger partial charge in [0, 0.05) is 31.1 Å². The molecule has 0 spiro atoms. The van der Waals surface area contributed by atoms with Crippen LogP contribution in [0.1, 0.15) is 19.3 Å². The number of rotatable bonds is 9. The number of nitrogens with zero attached hydrogens (tertiary/aromatic N) is 3. The molecule has 33 heavy (non-hydrogen) atoms. The van der Waals surface area contributed by atoms with Crippen LogP contribution in [0, 0.1) is 0 Å². The van der Waals surface area contributed by atoms with Gasteiger partial charge in [0.15, 0.2) is 0 Å². The van der Waals surface area contributed by atoms with E-state index in [9.17, 15) is 9.59 Å². The summed E-state index contributed by atoms with van der Waals surface area (Å²) in [7, 11) is 0. The first-order chi connectivity index (χ1) is 16.0. The van der Waals surface area contributed by atoms with E-state index in [-0.39, 0.29) is 6.03 Å². The van der Waals surface area contributed by atoms with Gasteiger partial charge in [-0.25, -0.2) is 13.9 Å². The third-order valence-corrected chi connectivity index (χ3v) is 6.19. The van der Waals surface area contributed by atoms with Crippen LogP contribution in [0.15, 0.2) is 66.7 Å². The number of benzene rings is 3. The van der Waals surface area contributed by atoms with Gasteiger partial charge in [-0.3, -0.25) is 4.90 Å². The average Bonchev–Trinajstić information content (AvgIpc) is 3.20. The van der Waals surface area contributed by atoms with Crippen molar-refractivity contribution in [1.82, 2.24) is 4.90 Å². The highest BCUT2D eigenvalue weighted by Gasteiger charge is 2.29. The van der Waals surface area contributed by atoms with E-state index in [4.69, 9.17) is 10.5 Å². The van der Waals surface area contributed by atoms with Crippen molar-refractivity contribution in [2.45, 2.75) is 19.3 Å². The van der Waals surface area contributed by atoms with Crippen molar-refractivity contribution < 1.29 is 14.3 Å². The Hall–Kier alpha value is -3.39. The number of amides is 4. The zero-order valence-corrected chi connectivity index (χ0v) is 19.3. The molecular formula is C25H28N4O3S. The fourth-order valence-corrected chi connectivity index (χ4v) is 4.19. The number of carbonyl (C=O) groups excluding carboxylic acids is 2. The van der Waals surface area contributed by atoms with E-state index >= 15 is 0 Å². The molecular weight excluding hydrogens is 436 g/mol. The van der Waals surface area contributed by atoms with Crippen LogP contribution in [0.3, 0.4) is 0 Å². The third-order valence-electron chi connectivity index (χ3n) is 5.76. The minimum atomic E-state index is -0.647. The van der Waals surface area contributed by atoms with Crippen molar-refractivity contribution in [2.24, 2.45) is 5.73 Å². The van der Waals surface area contributed by atoms with Crippen LogP contribution in [-0.4, -0.2) is 43.2 Å². The number of ether oxygens (including phenoxy) is 1. The van der Waals surface area contributed by atoms with Gasteiger partial charge in [-0.05, 0) is 42.8 Å². The van der Waals surface area contributed by atoms with Crippen LogP contribution < -0.4 is 19.7 Å². The maximum Gasteiger partial charge on any atom is 0.329 e. The molecule has 1 saturated heterocycles. The molecule has 0 saturated carbocycles. The lowest BCUT2D eigenvalue weighted by atomic mass is 10.1. The highest BCUT2D eigenvalue weighted by atomic mass is 32.1. The summed E-state index contributed by atoms with van der Waals surface area (Å²) in [5, 5.41) is 2.25. The second-order valence-corrected chi connectivity index (χ2v) is 8.38. The number of thiol groups is 1. The number of hydrogen-bond donors (Lipinski definition) is 2. The topological polar surface area (TPSA) is 79.1 Å². The monoisotopic (exact) mass is 464 g/mol. The molecule has 0 bridgehead atoms. The van der Waals surface area contributed by atoms with E-state index in [0.29, 0.717) is 24.6 Å². The summed E-state index contributed by atoms with van der Waals surface area (Å²) in [4.78, 5) is 28.0. The Morgan fingerprint density at radius 2 is 1.79 bits per heavy atom. The third kappa shape index (κ3) is 5.34. The van der Waals surface area contributed by atoms with Crippen LogP contribution in [-0.2, 0) is 0 Å². The quantitative estimate of drug-likeness (QED) is 0.343. The van der Waals surface area contributed by atoms with Gasteiger partial charge in [0.25, 0.3) is 0 Å². The Balaban J connectivity index is 1.22. The molecule has 0 unspecified atom stereocenters. The molecule has 1 aliphatic heterocycles. The molecule has 3 aromatic carbocycles. The Labute approximate surface area is 199 Å². The summed E-state index contributed by atoms with van der Waals surface area (Å²) in [6.45, 7) is 2.75. The first-order valence-corrected chi connectivity index (χ1v) is 11.5. The summed E-state index contributed by atoms with van der Waals surface area (Å²) < 4.78 is 6.85. The van der Waals surface area contributed by atoms with Gasteiger partial charge in [-0.1, -0.05) is 55.3 Å². The number of primary amides is 1. The summed E-state index contributed by atoms with van der Waals surface area (Å²) in [6, 6.07) is 20.8. The minimum absolute atomic E-state index is 0.0742. The molecule has 0 atom stereocenters. The molecule has 1 heterocycles. The molecule has 2 N–H and O–H groups in total. The van der Waals surface area contributed by atoms with Crippen molar-refractivity contribution in [3.8, 4) is 5.75 Å². The first kappa shape index (κ1) is 22.8. The van der Waals surface area contributed by atoms with Gasteiger partial charge in [0.2, 0.25) is 0 Å². The van der Waals surface area contributed by atoms with Gasteiger partial charge in [-0.2, -0.15) is 0 Å². The number of unbranched alkanes of at least 4 members (excludes halogenated alkanes) is 2. The number of nitrogens with two attached hydrogens (primary N) is 1. The Morgan fingerprint density at radius 1 is 1.00 bits per heavy atom. The zero-order valence-electron chi connectivity index (χ0n) is 18.4. The van der Waals surface area contributed by atoms with Gasteiger partial charge in [0.05, 0.1) is 18.0 Å². The largest absolute Gasteiger partial charge is 0.494 e. The lowest BCUT2D eigenvalue weighted by Gasteiger charge is -2.20. The highest BCUT2D eigenvalue weighted by molar-refractivity contribution is 7.82. The van der Waals surface area contributed by atoms with Gasteiger partial charge >= 0.3 is 12.1 Å². The number of anilines is 2. The fourth-order valence-electron chi connectivity index (χ4n) is 4.06. The van der Waals surface area contributed by atoms with E-state index in [0.717, 1.165) is 53.1 Å². The van der Waals surface area contributed by atoms with Crippen molar-refractivity contribution in [2.75, 3.05) is 35.4 Å². The maximum absolute atomic E-state index is 13.0. The van der Waals surface area contributed by atoms with E-state index < -0.39 is 6.03 Å². The second-order valence-electron chi connectivity index (χ2n) is 7.98. The zero-order chi connectivity index (χ0) is 23.2. The summed E-state index contributed by atoms with van der Waals surface area (Å²) in [5.41, 5.74) is 6.78. The summed E-state index contributed by atoms with van der Waals surface area (Å²) in [5.74, 6) is 0.660. The molecule has 0 radical (unpaired) electrons. The number of hydrogen-bond acceptors (Lipinski definition) is 4. The SMILES string of the molecule is NC(=O)N(S)c1cccc(OCCCCCN2CCN(c3cccc4ccccc34)C2=O)c1. The molecule has 0 aliphatic carbocycles. The van der Waals surface area contributed by atoms with Crippen LogP contribution in [0.4, 0.5) is 21.0 Å². The van der Waals surface area contributed by atoms with Gasteiger partial charge < -0.3 is 15.4 Å². The lowest BCUT2D eigenvalue weighted by Crippen LogP contribution is -2.32. The molecule has 1 aliphatic rings. The predicted octanol–water partition coefficient (Wildman–Crippen LogP) is 5.06. The van der Waals surface area contributed by atoms with Gasteiger partial charge in [-0.15, -0.1) is 0 Å². The second kappa shape index (κ2) is 10.5. The van der Waals surface area contributed by atoms with E-state index in [2.05, 4.69) is 31.0 Å². The molecule has 172 valence electrons. The van der Waals surface area contributed by atoms with E-state index in [1.807, 2.05) is 40.1 Å². The van der Waals surface area contributed by atoms with E-state index in [1.165, 1.54) is 0 Å². The molecule has 1 fully saturated rings. The van der Waals surface area contributed by atoms with Crippen molar-refractivity contribution >= 4 is 47.0 Å². The Kier molecular flexibility index (Phi) is 7.24. The molecule has 4 amide bonds. The summed E-state index contributed by atoms with van der Waals surface area (Å²) in [6.07, 6.45) is 2.75. The fraction of sp³-hybridized carbons (Fsp3) is 0.280. The smallest absolute Gasteiger partial charge is 0.329 e. The van der Waals surface area contributed by atoms with Crippen LogP contribution in [0.2, 0.25) is 0 Å². The normalized spacial score (nSPS) is 13.5.